The maximum atomic E-state index is 13.6. The first-order valence-corrected chi connectivity index (χ1v) is 6.59. The van der Waals surface area contributed by atoms with Crippen LogP contribution < -0.4 is 0 Å². The lowest BCUT2D eigenvalue weighted by Crippen LogP contribution is -2.46. The van der Waals surface area contributed by atoms with Crippen molar-refractivity contribution in [2.75, 3.05) is 13.1 Å². The highest BCUT2D eigenvalue weighted by atomic mass is 19.1. The van der Waals surface area contributed by atoms with Crippen LogP contribution in [0.5, 0.6) is 0 Å². The molecule has 0 saturated carbocycles. The Hall–Kier alpha value is -2.01. The van der Waals surface area contributed by atoms with Gasteiger partial charge in [0.2, 0.25) is 0 Å². The number of hydrogen-bond acceptors (Lipinski definition) is 3. The summed E-state index contributed by atoms with van der Waals surface area (Å²) in [6.07, 6.45) is 1.91. The Bertz CT molecular complexity index is 653. The fraction of sp³-hybridized carbons (Fsp3) is 0.333. The molecule has 0 aliphatic carbocycles. The number of nitrogens with zero attached hydrogens (tertiary/aromatic N) is 2. The Labute approximate surface area is 115 Å². The zero-order chi connectivity index (χ0) is 14.1. The number of pyridine rings is 1. The number of hydrogen-bond donors (Lipinski definition) is 1. The van der Waals surface area contributed by atoms with E-state index in [4.69, 9.17) is 5.11 Å². The second kappa shape index (κ2) is 5.17. The van der Waals surface area contributed by atoms with Gasteiger partial charge in [0.1, 0.15) is 5.82 Å². The molecule has 1 aliphatic rings. The molecule has 1 N–H and O–H groups in total. The van der Waals surface area contributed by atoms with Crippen molar-refractivity contribution in [2.24, 2.45) is 5.92 Å². The van der Waals surface area contributed by atoms with Crippen LogP contribution in [0.2, 0.25) is 0 Å². The highest BCUT2D eigenvalue weighted by Crippen LogP contribution is 2.25. The summed E-state index contributed by atoms with van der Waals surface area (Å²) in [5, 5.41) is 9.52. The van der Waals surface area contributed by atoms with E-state index in [0.29, 0.717) is 6.54 Å². The number of aliphatic carboxylic acids is 1. The van der Waals surface area contributed by atoms with E-state index < -0.39 is 5.97 Å². The van der Waals surface area contributed by atoms with Gasteiger partial charge in [-0.15, -0.1) is 0 Å². The normalized spacial score (nSPS) is 16.2. The Balaban J connectivity index is 1.74. The fourth-order valence-electron chi connectivity index (χ4n) is 2.77. The van der Waals surface area contributed by atoms with Crippen LogP contribution in [0.1, 0.15) is 12.0 Å². The lowest BCUT2D eigenvalue weighted by molar-refractivity contribution is -0.139. The lowest BCUT2D eigenvalue weighted by atomic mass is 9.95. The average molecular weight is 274 g/mol. The number of fused-ring (bicyclic) bond motifs is 1. The summed E-state index contributed by atoms with van der Waals surface area (Å²) in [5.41, 5.74) is 1.67. The summed E-state index contributed by atoms with van der Waals surface area (Å²) in [7, 11) is 0. The summed E-state index contributed by atoms with van der Waals surface area (Å²) < 4.78 is 13.6. The summed E-state index contributed by atoms with van der Waals surface area (Å²) in [6, 6.07) is 6.63. The van der Waals surface area contributed by atoms with Crippen molar-refractivity contribution in [3.8, 4) is 0 Å². The molecule has 4 nitrogen and oxygen atoms in total. The first kappa shape index (κ1) is 13.0. The van der Waals surface area contributed by atoms with E-state index in [-0.39, 0.29) is 18.2 Å². The summed E-state index contributed by atoms with van der Waals surface area (Å²) in [4.78, 5) is 17.0. The molecule has 3 rings (SSSR count). The molecule has 0 atom stereocenters. The minimum atomic E-state index is -0.757. The van der Waals surface area contributed by atoms with Crippen molar-refractivity contribution < 1.29 is 14.3 Å². The third kappa shape index (κ3) is 2.63. The van der Waals surface area contributed by atoms with E-state index >= 15 is 0 Å². The van der Waals surface area contributed by atoms with E-state index in [0.717, 1.165) is 29.6 Å². The Morgan fingerprint density at radius 1 is 1.45 bits per heavy atom. The van der Waals surface area contributed by atoms with Crippen molar-refractivity contribution >= 4 is 16.9 Å². The monoisotopic (exact) mass is 274 g/mol. The first-order valence-electron chi connectivity index (χ1n) is 6.59. The van der Waals surface area contributed by atoms with Gasteiger partial charge in [0.25, 0.3) is 0 Å². The molecule has 2 aromatic rings. The van der Waals surface area contributed by atoms with E-state index in [9.17, 15) is 9.18 Å². The average Bonchev–Trinajstić information content (AvgIpc) is 2.35. The van der Waals surface area contributed by atoms with Crippen LogP contribution in [0.4, 0.5) is 4.39 Å². The van der Waals surface area contributed by atoms with Crippen LogP contribution in [-0.2, 0) is 11.3 Å². The summed E-state index contributed by atoms with van der Waals surface area (Å²) >= 11 is 0. The molecule has 5 heteroatoms. The van der Waals surface area contributed by atoms with Crippen LogP contribution in [0.25, 0.3) is 10.9 Å². The molecule has 0 bridgehead atoms. The van der Waals surface area contributed by atoms with Crippen molar-refractivity contribution in [1.29, 1.82) is 0 Å². The standard InChI is InChI=1S/C15H15FN2O2/c16-13-5-11-2-1-3-17-15(11)12(6-13)9-18-7-10(8-18)4-14(19)20/h1-3,5-6,10H,4,7-9H2,(H,19,20). The highest BCUT2D eigenvalue weighted by Gasteiger charge is 2.28. The second-order valence-electron chi connectivity index (χ2n) is 5.30. The highest BCUT2D eigenvalue weighted by molar-refractivity contribution is 5.81. The van der Waals surface area contributed by atoms with E-state index in [1.165, 1.54) is 12.1 Å². The van der Waals surface area contributed by atoms with Crippen LogP contribution in [0, 0.1) is 11.7 Å². The van der Waals surface area contributed by atoms with E-state index in [1.807, 2.05) is 6.07 Å². The molecule has 0 radical (unpaired) electrons. The SMILES string of the molecule is O=C(O)CC1CN(Cc2cc(F)cc3cccnc23)C1. The van der Waals surface area contributed by atoms with Crippen molar-refractivity contribution in [3.05, 3.63) is 41.8 Å². The van der Waals surface area contributed by atoms with E-state index in [2.05, 4.69) is 9.88 Å². The molecular weight excluding hydrogens is 259 g/mol. The van der Waals surface area contributed by atoms with Gasteiger partial charge in [-0.25, -0.2) is 4.39 Å². The second-order valence-corrected chi connectivity index (χ2v) is 5.30. The minimum absolute atomic E-state index is 0.207. The minimum Gasteiger partial charge on any atom is -0.481 e. The molecular formula is C15H15FN2O2. The molecule has 20 heavy (non-hydrogen) atoms. The lowest BCUT2D eigenvalue weighted by Gasteiger charge is -2.38. The largest absolute Gasteiger partial charge is 0.481 e. The molecule has 2 heterocycles. The predicted molar refractivity (Wildman–Crippen MR) is 72.7 cm³/mol. The van der Waals surface area contributed by atoms with Crippen LogP contribution >= 0.6 is 0 Å². The van der Waals surface area contributed by atoms with Gasteiger partial charge in [0.05, 0.1) is 11.9 Å². The number of likely N-dealkylation sites (tertiary alicyclic amines) is 1. The van der Waals surface area contributed by atoms with Gasteiger partial charge in [-0.3, -0.25) is 14.7 Å². The van der Waals surface area contributed by atoms with Gasteiger partial charge in [-0.1, -0.05) is 6.07 Å². The Kier molecular flexibility index (Phi) is 3.36. The molecule has 0 amide bonds. The Morgan fingerprint density at radius 2 is 2.25 bits per heavy atom. The third-order valence-corrected chi connectivity index (χ3v) is 3.64. The summed E-state index contributed by atoms with van der Waals surface area (Å²) in [5.74, 6) is -0.809. The number of carboxylic acid groups (broad SMARTS) is 1. The number of carboxylic acids is 1. The molecule has 0 spiro atoms. The maximum Gasteiger partial charge on any atom is 0.303 e. The van der Waals surface area contributed by atoms with Crippen molar-refractivity contribution in [3.63, 3.8) is 0 Å². The van der Waals surface area contributed by atoms with Gasteiger partial charge in [-0.2, -0.15) is 0 Å². The predicted octanol–water partition coefficient (Wildman–Crippen LogP) is 2.28. The number of aromatic nitrogens is 1. The molecule has 1 saturated heterocycles. The van der Waals surface area contributed by atoms with Crippen molar-refractivity contribution in [1.82, 2.24) is 9.88 Å². The van der Waals surface area contributed by atoms with Gasteiger partial charge >= 0.3 is 5.97 Å². The molecule has 0 unspecified atom stereocenters. The van der Waals surface area contributed by atoms with Gasteiger partial charge < -0.3 is 5.11 Å². The topological polar surface area (TPSA) is 53.4 Å². The summed E-state index contributed by atoms with van der Waals surface area (Å²) in [6.45, 7) is 2.11. The molecule has 1 fully saturated rings. The van der Waals surface area contributed by atoms with Gasteiger partial charge in [0, 0.05) is 31.2 Å². The Morgan fingerprint density at radius 3 is 3.00 bits per heavy atom. The maximum absolute atomic E-state index is 13.6. The number of halogens is 1. The fourth-order valence-corrected chi connectivity index (χ4v) is 2.77. The van der Waals surface area contributed by atoms with Crippen LogP contribution in [-0.4, -0.2) is 34.0 Å². The first-order chi connectivity index (χ1) is 9.61. The van der Waals surface area contributed by atoms with Crippen LogP contribution in [0.3, 0.4) is 0 Å². The van der Waals surface area contributed by atoms with Gasteiger partial charge in [-0.05, 0) is 29.7 Å². The van der Waals surface area contributed by atoms with E-state index in [1.54, 1.807) is 12.3 Å². The van der Waals surface area contributed by atoms with Gasteiger partial charge in [0.15, 0.2) is 0 Å². The molecule has 1 aromatic carbocycles. The molecule has 104 valence electrons. The van der Waals surface area contributed by atoms with Crippen molar-refractivity contribution in [2.45, 2.75) is 13.0 Å². The molecule has 1 aliphatic heterocycles. The quantitative estimate of drug-likeness (QED) is 0.929. The number of rotatable bonds is 4. The van der Waals surface area contributed by atoms with Crippen LogP contribution in [0.15, 0.2) is 30.5 Å². The zero-order valence-corrected chi connectivity index (χ0v) is 10.9. The third-order valence-electron chi connectivity index (χ3n) is 3.64. The number of benzene rings is 1. The smallest absolute Gasteiger partial charge is 0.303 e. The number of carbonyl (C=O) groups is 1. The zero-order valence-electron chi connectivity index (χ0n) is 10.9. The molecule has 1 aromatic heterocycles.